The summed E-state index contributed by atoms with van der Waals surface area (Å²) >= 11 is 1.53. The Labute approximate surface area is 195 Å². The number of pyridine rings is 1. The van der Waals surface area contributed by atoms with Gasteiger partial charge in [0.05, 0.1) is 34.8 Å². The number of esters is 1. The Morgan fingerprint density at radius 2 is 2.00 bits per heavy atom. The highest BCUT2D eigenvalue weighted by Gasteiger charge is 2.19. The van der Waals surface area contributed by atoms with Crippen molar-refractivity contribution in [1.29, 1.82) is 0 Å². The molecule has 1 amide bonds. The molecule has 0 aliphatic carbocycles. The lowest BCUT2D eigenvalue weighted by Crippen LogP contribution is -2.30. The number of rotatable bonds is 9. The van der Waals surface area contributed by atoms with Crippen LogP contribution in [0.2, 0.25) is 0 Å². The predicted molar refractivity (Wildman–Crippen MR) is 127 cm³/mol. The summed E-state index contributed by atoms with van der Waals surface area (Å²) in [4.78, 5) is 30.7. The minimum Gasteiger partial charge on any atom is -0.497 e. The highest BCUT2D eigenvalue weighted by molar-refractivity contribution is 7.13. The number of amides is 1. The van der Waals surface area contributed by atoms with E-state index >= 15 is 0 Å². The van der Waals surface area contributed by atoms with Crippen LogP contribution in [0.3, 0.4) is 0 Å². The van der Waals surface area contributed by atoms with E-state index in [-0.39, 0.29) is 12.5 Å². The molecule has 0 radical (unpaired) electrons. The number of fused-ring (bicyclic) bond motifs is 1. The molecule has 8 nitrogen and oxygen atoms in total. The lowest BCUT2D eigenvalue weighted by atomic mass is 10.1. The fourth-order valence-electron chi connectivity index (χ4n) is 3.40. The Morgan fingerprint density at radius 1 is 1.18 bits per heavy atom. The number of benzene rings is 1. The number of carbonyl (C=O) groups is 2. The van der Waals surface area contributed by atoms with Crippen LogP contribution in [0.5, 0.6) is 5.75 Å². The first kappa shape index (κ1) is 22.5. The number of nitrogens with one attached hydrogen (secondary N) is 1. The van der Waals surface area contributed by atoms with E-state index in [0.717, 1.165) is 16.2 Å². The lowest BCUT2D eigenvalue weighted by Gasteiger charge is -2.09. The molecule has 170 valence electrons. The average Bonchev–Trinajstić information content (AvgIpc) is 3.52. The molecule has 0 fully saturated rings. The average molecular weight is 465 g/mol. The summed E-state index contributed by atoms with van der Waals surface area (Å²) in [5, 5.41) is 9.64. The third-order valence-electron chi connectivity index (χ3n) is 5.13. The molecule has 0 aliphatic rings. The predicted octanol–water partition coefficient (Wildman–Crippen LogP) is 3.70. The molecular weight excluding hydrogens is 440 g/mol. The van der Waals surface area contributed by atoms with Gasteiger partial charge in [0.15, 0.2) is 12.3 Å². The van der Waals surface area contributed by atoms with E-state index < -0.39 is 5.97 Å². The van der Waals surface area contributed by atoms with Crippen molar-refractivity contribution in [3.05, 3.63) is 65.2 Å². The normalized spacial score (nSPS) is 10.8. The standard InChI is InChI=1S/C24H24N4O4S/c1-3-28-23-19(14-26-28)18(13-20(27-23)21-5-4-12-33-21)24(30)32-15-22(29)25-11-10-16-6-8-17(31-2)9-7-16/h4-9,12-14H,3,10-11,15H2,1-2H3,(H,25,29). The maximum atomic E-state index is 12.9. The number of carbonyl (C=O) groups excluding carboxylic acids is 2. The molecule has 4 aromatic rings. The van der Waals surface area contributed by atoms with Gasteiger partial charge in [-0.3, -0.25) is 4.79 Å². The largest absolute Gasteiger partial charge is 0.497 e. The van der Waals surface area contributed by atoms with Gasteiger partial charge in [-0.1, -0.05) is 18.2 Å². The van der Waals surface area contributed by atoms with Gasteiger partial charge >= 0.3 is 5.97 Å². The molecule has 1 aromatic carbocycles. The maximum Gasteiger partial charge on any atom is 0.339 e. The molecule has 0 unspecified atom stereocenters. The van der Waals surface area contributed by atoms with Gasteiger partial charge < -0.3 is 14.8 Å². The second-order valence-corrected chi connectivity index (χ2v) is 8.20. The molecule has 3 aromatic heterocycles. The summed E-state index contributed by atoms with van der Waals surface area (Å²) in [5.74, 6) is -0.155. The van der Waals surface area contributed by atoms with Crippen LogP contribution >= 0.6 is 11.3 Å². The third-order valence-corrected chi connectivity index (χ3v) is 6.02. The van der Waals surface area contributed by atoms with Gasteiger partial charge in [-0.05, 0) is 48.6 Å². The zero-order valence-corrected chi connectivity index (χ0v) is 19.2. The highest BCUT2D eigenvalue weighted by Crippen LogP contribution is 2.28. The van der Waals surface area contributed by atoms with Crippen molar-refractivity contribution in [2.45, 2.75) is 19.9 Å². The molecule has 0 aliphatic heterocycles. The van der Waals surface area contributed by atoms with Gasteiger partial charge in [-0.15, -0.1) is 11.3 Å². The fourth-order valence-corrected chi connectivity index (χ4v) is 4.08. The van der Waals surface area contributed by atoms with E-state index in [4.69, 9.17) is 9.47 Å². The zero-order chi connectivity index (χ0) is 23.2. The second kappa shape index (κ2) is 10.3. The molecular formula is C24H24N4O4S. The van der Waals surface area contributed by atoms with E-state index in [2.05, 4.69) is 15.4 Å². The van der Waals surface area contributed by atoms with Gasteiger partial charge in [-0.25, -0.2) is 14.5 Å². The Kier molecular flexibility index (Phi) is 6.99. The van der Waals surface area contributed by atoms with Gasteiger partial charge in [-0.2, -0.15) is 5.10 Å². The fraction of sp³-hybridized carbons (Fsp3) is 0.250. The van der Waals surface area contributed by atoms with Crippen molar-refractivity contribution in [1.82, 2.24) is 20.1 Å². The van der Waals surface area contributed by atoms with Crippen molar-refractivity contribution < 1.29 is 19.1 Å². The topological polar surface area (TPSA) is 95.3 Å². The summed E-state index contributed by atoms with van der Waals surface area (Å²) in [5.41, 5.74) is 2.69. The molecule has 0 atom stereocenters. The molecule has 0 bridgehead atoms. The summed E-state index contributed by atoms with van der Waals surface area (Å²) in [7, 11) is 1.62. The smallest absolute Gasteiger partial charge is 0.339 e. The number of thiophene rings is 1. The molecule has 0 spiro atoms. The SMILES string of the molecule is CCn1ncc2c(C(=O)OCC(=O)NCCc3ccc(OC)cc3)cc(-c3cccs3)nc21. The van der Waals surface area contributed by atoms with E-state index in [0.29, 0.717) is 41.8 Å². The number of aromatic nitrogens is 3. The number of nitrogens with zero attached hydrogens (tertiary/aromatic N) is 3. The summed E-state index contributed by atoms with van der Waals surface area (Å²) in [6.07, 6.45) is 2.27. The van der Waals surface area contributed by atoms with Crippen LogP contribution in [0.25, 0.3) is 21.6 Å². The minimum absolute atomic E-state index is 0.342. The second-order valence-electron chi connectivity index (χ2n) is 7.25. The monoisotopic (exact) mass is 464 g/mol. The molecule has 9 heteroatoms. The van der Waals surface area contributed by atoms with Crippen molar-refractivity contribution in [2.75, 3.05) is 20.3 Å². The minimum atomic E-state index is -0.582. The van der Waals surface area contributed by atoms with E-state index in [1.165, 1.54) is 11.3 Å². The Morgan fingerprint density at radius 3 is 2.70 bits per heavy atom. The van der Waals surface area contributed by atoms with E-state index in [1.54, 1.807) is 24.1 Å². The Balaban J connectivity index is 1.39. The summed E-state index contributed by atoms with van der Waals surface area (Å²) < 4.78 is 12.2. The van der Waals surface area contributed by atoms with Gasteiger partial charge in [0.2, 0.25) is 0 Å². The number of ether oxygens (including phenoxy) is 2. The molecule has 0 saturated heterocycles. The van der Waals surface area contributed by atoms with Gasteiger partial charge in [0.25, 0.3) is 5.91 Å². The van der Waals surface area contributed by atoms with Crippen LogP contribution in [-0.4, -0.2) is 46.9 Å². The van der Waals surface area contributed by atoms with E-state index in [1.807, 2.05) is 48.7 Å². The maximum absolute atomic E-state index is 12.9. The first-order chi connectivity index (χ1) is 16.1. The van der Waals surface area contributed by atoms with Crippen LogP contribution in [0.15, 0.2) is 54.0 Å². The van der Waals surface area contributed by atoms with Crippen LogP contribution < -0.4 is 10.1 Å². The quantitative estimate of drug-likeness (QED) is 0.380. The molecule has 33 heavy (non-hydrogen) atoms. The summed E-state index contributed by atoms with van der Waals surface area (Å²) in [6, 6.07) is 13.2. The number of aryl methyl sites for hydroxylation is 1. The van der Waals surface area contributed by atoms with Crippen LogP contribution in [0.1, 0.15) is 22.8 Å². The van der Waals surface area contributed by atoms with Crippen LogP contribution in [0, 0.1) is 0 Å². The Bertz CT molecular complexity index is 1250. The summed E-state index contributed by atoms with van der Waals surface area (Å²) in [6.45, 7) is 2.66. The number of methoxy groups -OCH3 is 1. The first-order valence-corrected chi connectivity index (χ1v) is 11.4. The van der Waals surface area contributed by atoms with Gasteiger partial charge in [0.1, 0.15) is 5.75 Å². The van der Waals surface area contributed by atoms with Crippen molar-refractivity contribution in [3.8, 4) is 16.3 Å². The van der Waals surface area contributed by atoms with Crippen LogP contribution in [-0.2, 0) is 22.5 Å². The zero-order valence-electron chi connectivity index (χ0n) is 18.4. The molecule has 1 N–H and O–H groups in total. The highest BCUT2D eigenvalue weighted by atomic mass is 32.1. The number of hydrogen-bond donors (Lipinski definition) is 1. The lowest BCUT2D eigenvalue weighted by molar-refractivity contribution is -0.124. The van der Waals surface area contributed by atoms with Crippen LogP contribution in [0.4, 0.5) is 0 Å². The first-order valence-electron chi connectivity index (χ1n) is 10.6. The van der Waals surface area contributed by atoms with Crippen molar-refractivity contribution >= 4 is 34.2 Å². The third kappa shape index (κ3) is 5.20. The van der Waals surface area contributed by atoms with Crippen molar-refractivity contribution in [2.24, 2.45) is 0 Å². The molecule has 4 rings (SSSR count). The number of hydrogen-bond acceptors (Lipinski definition) is 7. The molecule has 0 saturated carbocycles. The van der Waals surface area contributed by atoms with Gasteiger partial charge in [0, 0.05) is 13.1 Å². The molecule has 3 heterocycles. The van der Waals surface area contributed by atoms with Crippen molar-refractivity contribution in [3.63, 3.8) is 0 Å². The van der Waals surface area contributed by atoms with E-state index in [9.17, 15) is 9.59 Å². The Hall–Kier alpha value is -3.72.